The summed E-state index contributed by atoms with van der Waals surface area (Å²) in [5.41, 5.74) is 1.36. The van der Waals surface area contributed by atoms with Crippen LogP contribution in [0.2, 0.25) is 0 Å². The standard InChI is InChI=1S/C15H25N3O/c1-11(2)6-5-7-12(3)18-15(19)14-10-13(16-4)8-9-17-14/h8-12H,5-7H2,1-4H3,(H,16,17)(H,18,19). The molecule has 4 nitrogen and oxygen atoms in total. The van der Waals surface area contributed by atoms with Crippen LogP contribution in [0, 0.1) is 5.92 Å². The normalized spacial score (nSPS) is 12.3. The molecule has 1 unspecified atom stereocenters. The van der Waals surface area contributed by atoms with E-state index in [9.17, 15) is 4.79 Å². The Bertz CT molecular complexity index is 404. The summed E-state index contributed by atoms with van der Waals surface area (Å²) in [6.45, 7) is 6.48. The van der Waals surface area contributed by atoms with Crippen molar-refractivity contribution in [2.45, 2.75) is 46.1 Å². The summed E-state index contributed by atoms with van der Waals surface area (Å²) in [7, 11) is 1.82. The number of aromatic nitrogens is 1. The van der Waals surface area contributed by atoms with Gasteiger partial charge in [0.15, 0.2) is 0 Å². The lowest BCUT2D eigenvalue weighted by Gasteiger charge is -2.14. The lowest BCUT2D eigenvalue weighted by molar-refractivity contribution is 0.0933. The van der Waals surface area contributed by atoms with E-state index in [-0.39, 0.29) is 11.9 Å². The second-order valence-corrected chi connectivity index (χ2v) is 5.38. The highest BCUT2D eigenvalue weighted by molar-refractivity contribution is 5.93. The first kappa shape index (κ1) is 15.5. The molecule has 0 aliphatic rings. The van der Waals surface area contributed by atoms with Gasteiger partial charge in [-0.25, -0.2) is 0 Å². The van der Waals surface area contributed by atoms with Crippen LogP contribution in [0.25, 0.3) is 0 Å². The number of anilines is 1. The third kappa shape index (κ3) is 5.73. The van der Waals surface area contributed by atoms with Crippen LogP contribution in [0.4, 0.5) is 5.69 Å². The highest BCUT2D eigenvalue weighted by atomic mass is 16.1. The smallest absolute Gasteiger partial charge is 0.270 e. The van der Waals surface area contributed by atoms with E-state index in [1.54, 1.807) is 12.3 Å². The van der Waals surface area contributed by atoms with Crippen LogP contribution in [0.3, 0.4) is 0 Å². The maximum Gasteiger partial charge on any atom is 0.270 e. The predicted molar refractivity (Wildman–Crippen MR) is 79.4 cm³/mol. The lowest BCUT2D eigenvalue weighted by Crippen LogP contribution is -2.33. The van der Waals surface area contributed by atoms with Crippen LogP contribution in [0.1, 0.15) is 50.5 Å². The molecule has 0 fully saturated rings. The van der Waals surface area contributed by atoms with Crippen LogP contribution < -0.4 is 10.6 Å². The van der Waals surface area contributed by atoms with E-state index in [1.165, 1.54) is 6.42 Å². The highest BCUT2D eigenvalue weighted by Gasteiger charge is 2.11. The molecule has 4 heteroatoms. The minimum absolute atomic E-state index is 0.103. The summed E-state index contributed by atoms with van der Waals surface area (Å²) in [4.78, 5) is 16.1. The van der Waals surface area contributed by atoms with Crippen molar-refractivity contribution in [2.24, 2.45) is 5.92 Å². The van der Waals surface area contributed by atoms with Gasteiger partial charge in [0.1, 0.15) is 5.69 Å². The predicted octanol–water partition coefficient (Wildman–Crippen LogP) is 3.07. The maximum atomic E-state index is 12.0. The first-order chi connectivity index (χ1) is 9.02. The second kappa shape index (κ2) is 7.77. The lowest BCUT2D eigenvalue weighted by atomic mass is 10.0. The average molecular weight is 263 g/mol. The zero-order valence-electron chi connectivity index (χ0n) is 12.4. The summed E-state index contributed by atoms with van der Waals surface area (Å²) < 4.78 is 0. The van der Waals surface area contributed by atoms with Crippen molar-refractivity contribution in [2.75, 3.05) is 12.4 Å². The molecule has 1 amide bonds. The molecule has 0 aliphatic carbocycles. The zero-order valence-corrected chi connectivity index (χ0v) is 12.4. The van der Waals surface area contributed by atoms with E-state index in [4.69, 9.17) is 0 Å². The fourth-order valence-corrected chi connectivity index (χ4v) is 1.91. The van der Waals surface area contributed by atoms with Crippen molar-refractivity contribution in [3.05, 3.63) is 24.0 Å². The maximum absolute atomic E-state index is 12.0. The number of hydrogen-bond donors (Lipinski definition) is 2. The van der Waals surface area contributed by atoms with E-state index in [1.807, 2.05) is 20.0 Å². The number of pyridine rings is 1. The fourth-order valence-electron chi connectivity index (χ4n) is 1.91. The third-order valence-electron chi connectivity index (χ3n) is 3.08. The molecule has 1 atom stereocenters. The molecule has 106 valence electrons. The highest BCUT2D eigenvalue weighted by Crippen LogP contribution is 2.10. The van der Waals surface area contributed by atoms with E-state index >= 15 is 0 Å². The first-order valence-electron chi connectivity index (χ1n) is 6.97. The minimum atomic E-state index is -0.103. The van der Waals surface area contributed by atoms with Gasteiger partial charge in [0, 0.05) is 25.0 Å². The van der Waals surface area contributed by atoms with Gasteiger partial charge in [-0.3, -0.25) is 9.78 Å². The fraction of sp³-hybridized carbons (Fsp3) is 0.600. The number of carbonyl (C=O) groups is 1. The van der Waals surface area contributed by atoms with Gasteiger partial charge in [-0.05, 0) is 31.4 Å². The van der Waals surface area contributed by atoms with Gasteiger partial charge in [0.25, 0.3) is 5.91 Å². The number of rotatable bonds is 7. The number of hydrogen-bond acceptors (Lipinski definition) is 3. The molecule has 0 saturated carbocycles. The molecule has 0 radical (unpaired) electrons. The molecule has 0 aliphatic heterocycles. The van der Waals surface area contributed by atoms with Crippen molar-refractivity contribution in [1.29, 1.82) is 0 Å². The van der Waals surface area contributed by atoms with Crippen LogP contribution in [-0.2, 0) is 0 Å². The molecule has 19 heavy (non-hydrogen) atoms. The molecule has 0 aromatic carbocycles. The topological polar surface area (TPSA) is 54.0 Å². The molecule has 0 saturated heterocycles. The quantitative estimate of drug-likeness (QED) is 0.795. The Hall–Kier alpha value is -1.58. The van der Waals surface area contributed by atoms with Gasteiger partial charge in [0.2, 0.25) is 0 Å². The molecule has 1 aromatic rings. The molecule has 2 N–H and O–H groups in total. The Kier molecular flexibility index (Phi) is 6.33. The van der Waals surface area contributed by atoms with Crippen molar-refractivity contribution in [3.63, 3.8) is 0 Å². The summed E-state index contributed by atoms with van der Waals surface area (Å²) in [5.74, 6) is 0.617. The Labute approximate surface area is 116 Å². The Morgan fingerprint density at radius 2 is 2.05 bits per heavy atom. The van der Waals surface area contributed by atoms with Gasteiger partial charge >= 0.3 is 0 Å². The van der Waals surface area contributed by atoms with Crippen molar-refractivity contribution in [1.82, 2.24) is 10.3 Å². The van der Waals surface area contributed by atoms with E-state index < -0.39 is 0 Å². The van der Waals surface area contributed by atoms with Gasteiger partial charge in [-0.2, -0.15) is 0 Å². The van der Waals surface area contributed by atoms with Crippen LogP contribution in [0.5, 0.6) is 0 Å². The Morgan fingerprint density at radius 1 is 1.32 bits per heavy atom. The third-order valence-corrected chi connectivity index (χ3v) is 3.08. The van der Waals surface area contributed by atoms with Crippen molar-refractivity contribution >= 4 is 11.6 Å². The number of carbonyl (C=O) groups excluding carboxylic acids is 1. The van der Waals surface area contributed by atoms with E-state index in [0.717, 1.165) is 24.4 Å². The average Bonchev–Trinajstić information content (AvgIpc) is 2.38. The molecule has 1 heterocycles. The van der Waals surface area contributed by atoms with E-state index in [2.05, 4.69) is 29.5 Å². The molecule has 1 rings (SSSR count). The van der Waals surface area contributed by atoms with Gasteiger partial charge in [0.05, 0.1) is 0 Å². The molecule has 1 aromatic heterocycles. The van der Waals surface area contributed by atoms with Gasteiger partial charge in [-0.15, -0.1) is 0 Å². The van der Waals surface area contributed by atoms with Crippen LogP contribution in [0.15, 0.2) is 18.3 Å². The summed E-state index contributed by atoms with van der Waals surface area (Å²) in [6, 6.07) is 3.78. The number of nitrogens with one attached hydrogen (secondary N) is 2. The summed E-state index contributed by atoms with van der Waals surface area (Å²) in [5, 5.41) is 5.99. The second-order valence-electron chi connectivity index (χ2n) is 5.38. The van der Waals surface area contributed by atoms with Gasteiger partial charge in [-0.1, -0.05) is 26.7 Å². The van der Waals surface area contributed by atoms with Crippen molar-refractivity contribution in [3.8, 4) is 0 Å². The summed E-state index contributed by atoms with van der Waals surface area (Å²) in [6.07, 6.45) is 5.00. The van der Waals surface area contributed by atoms with Crippen LogP contribution >= 0.6 is 0 Å². The number of nitrogens with zero attached hydrogens (tertiary/aromatic N) is 1. The first-order valence-corrected chi connectivity index (χ1v) is 6.97. The molecular formula is C15H25N3O. The monoisotopic (exact) mass is 263 g/mol. The van der Waals surface area contributed by atoms with Crippen LogP contribution in [-0.4, -0.2) is 24.0 Å². The van der Waals surface area contributed by atoms with Crippen molar-refractivity contribution < 1.29 is 4.79 Å². The SMILES string of the molecule is CNc1ccnc(C(=O)NC(C)CCCC(C)C)c1. The van der Waals surface area contributed by atoms with Gasteiger partial charge < -0.3 is 10.6 Å². The van der Waals surface area contributed by atoms with E-state index in [0.29, 0.717) is 5.69 Å². The Morgan fingerprint density at radius 3 is 2.68 bits per heavy atom. The number of amides is 1. The Balaban J connectivity index is 2.45. The zero-order chi connectivity index (χ0) is 14.3. The minimum Gasteiger partial charge on any atom is -0.388 e. The molecular weight excluding hydrogens is 238 g/mol. The molecule has 0 spiro atoms. The molecule has 0 bridgehead atoms. The summed E-state index contributed by atoms with van der Waals surface area (Å²) >= 11 is 0. The largest absolute Gasteiger partial charge is 0.388 e.